The Balaban J connectivity index is 1.82. The smallest absolute Gasteiger partial charge is 0.387 e. The monoisotopic (exact) mass is 352 g/mol. The molecule has 9 heteroatoms. The third-order valence-corrected chi connectivity index (χ3v) is 6.24. The fourth-order valence-electron chi connectivity index (χ4n) is 2.99. The molecule has 0 spiro atoms. The second-order valence-corrected chi connectivity index (χ2v) is 7.82. The summed E-state index contributed by atoms with van der Waals surface area (Å²) in [7, 11) is -3.67. The molecule has 0 amide bonds. The number of halogens is 3. The van der Waals surface area contributed by atoms with Crippen molar-refractivity contribution in [3.63, 3.8) is 0 Å². The highest BCUT2D eigenvalue weighted by Crippen LogP contribution is 2.33. The summed E-state index contributed by atoms with van der Waals surface area (Å²) in [6, 6.07) is 3.55. The molecule has 2 aliphatic heterocycles. The lowest BCUT2D eigenvalue weighted by molar-refractivity contribution is -0.0498. The van der Waals surface area contributed by atoms with Gasteiger partial charge in [-0.15, -0.1) is 0 Å². The van der Waals surface area contributed by atoms with Crippen molar-refractivity contribution in [1.29, 1.82) is 0 Å². The van der Waals surface area contributed by atoms with Crippen molar-refractivity contribution in [3.8, 4) is 5.75 Å². The zero-order chi connectivity index (χ0) is 15.9. The van der Waals surface area contributed by atoms with Gasteiger partial charge in [0, 0.05) is 13.1 Å². The Morgan fingerprint density at radius 3 is 2.45 bits per heavy atom. The van der Waals surface area contributed by atoms with Crippen LogP contribution in [0.15, 0.2) is 23.1 Å². The van der Waals surface area contributed by atoms with E-state index in [1.165, 1.54) is 10.4 Å². The predicted octanol–water partition coefficient (Wildman–Crippen LogP) is 1.78. The van der Waals surface area contributed by atoms with Crippen LogP contribution in [-0.4, -0.2) is 45.5 Å². The highest BCUT2D eigenvalue weighted by Gasteiger charge is 2.41. The van der Waals surface area contributed by atoms with Gasteiger partial charge in [-0.1, -0.05) is 11.6 Å². The summed E-state index contributed by atoms with van der Waals surface area (Å²) in [4.78, 5) is -0.00736. The lowest BCUT2D eigenvalue weighted by Gasteiger charge is -2.18. The van der Waals surface area contributed by atoms with Crippen LogP contribution in [0.3, 0.4) is 0 Å². The molecule has 2 fully saturated rings. The third kappa shape index (κ3) is 2.92. The summed E-state index contributed by atoms with van der Waals surface area (Å²) in [5.74, 6) is 0.413. The summed E-state index contributed by atoms with van der Waals surface area (Å²) >= 11 is 5.83. The van der Waals surface area contributed by atoms with Crippen LogP contribution in [0.25, 0.3) is 0 Å². The van der Waals surface area contributed by atoms with Crippen LogP contribution in [0.2, 0.25) is 5.02 Å². The maximum Gasteiger partial charge on any atom is 0.387 e. The van der Waals surface area contributed by atoms with E-state index in [-0.39, 0.29) is 15.7 Å². The van der Waals surface area contributed by atoms with E-state index in [1.807, 2.05) is 0 Å². The molecule has 22 heavy (non-hydrogen) atoms. The number of hydrogen-bond donors (Lipinski definition) is 1. The molecule has 0 aliphatic carbocycles. The number of ether oxygens (including phenoxy) is 1. The molecule has 2 saturated heterocycles. The van der Waals surface area contributed by atoms with Gasteiger partial charge in [0.05, 0.1) is 9.92 Å². The van der Waals surface area contributed by atoms with Crippen molar-refractivity contribution in [2.24, 2.45) is 11.8 Å². The van der Waals surface area contributed by atoms with Crippen molar-refractivity contribution >= 4 is 21.6 Å². The Morgan fingerprint density at radius 1 is 1.27 bits per heavy atom. The predicted molar refractivity (Wildman–Crippen MR) is 76.7 cm³/mol. The van der Waals surface area contributed by atoms with Gasteiger partial charge in [-0.25, -0.2) is 8.42 Å². The fraction of sp³-hybridized carbons (Fsp3) is 0.538. The highest BCUT2D eigenvalue weighted by molar-refractivity contribution is 7.89. The van der Waals surface area contributed by atoms with Gasteiger partial charge in [0.15, 0.2) is 0 Å². The highest BCUT2D eigenvalue weighted by atomic mass is 35.5. The number of fused-ring (bicyclic) bond motifs is 1. The van der Waals surface area contributed by atoms with Gasteiger partial charge in [0.25, 0.3) is 0 Å². The Bertz CT molecular complexity index is 659. The van der Waals surface area contributed by atoms with E-state index in [4.69, 9.17) is 11.6 Å². The van der Waals surface area contributed by atoms with Gasteiger partial charge in [-0.2, -0.15) is 13.1 Å². The SMILES string of the molecule is O=S(=O)(c1ccc(OC(F)F)c(Cl)c1)N1C[C@H]2CNC[C@H]2C1. The molecule has 2 atom stereocenters. The quantitative estimate of drug-likeness (QED) is 0.897. The van der Waals surface area contributed by atoms with Crippen LogP contribution < -0.4 is 10.1 Å². The first kappa shape index (κ1) is 15.9. The van der Waals surface area contributed by atoms with Gasteiger partial charge in [-0.3, -0.25) is 0 Å². The van der Waals surface area contributed by atoms with Gasteiger partial charge in [-0.05, 0) is 43.1 Å². The number of nitrogens with zero attached hydrogens (tertiary/aromatic N) is 1. The molecule has 2 heterocycles. The lowest BCUT2D eigenvalue weighted by Crippen LogP contribution is -2.31. The number of hydrogen-bond acceptors (Lipinski definition) is 4. The summed E-state index contributed by atoms with van der Waals surface area (Å²) < 4.78 is 55.3. The van der Waals surface area contributed by atoms with E-state index in [2.05, 4.69) is 10.1 Å². The molecule has 5 nitrogen and oxygen atoms in total. The summed E-state index contributed by atoms with van der Waals surface area (Å²) in [6.45, 7) is -0.442. The van der Waals surface area contributed by atoms with E-state index >= 15 is 0 Å². The van der Waals surface area contributed by atoms with Crippen LogP contribution >= 0.6 is 11.6 Å². The zero-order valence-electron chi connectivity index (χ0n) is 11.5. The molecule has 3 rings (SSSR count). The Hall–Kier alpha value is -0.960. The van der Waals surface area contributed by atoms with Crippen LogP contribution in [0.5, 0.6) is 5.75 Å². The maximum absolute atomic E-state index is 12.6. The zero-order valence-corrected chi connectivity index (χ0v) is 13.1. The van der Waals surface area contributed by atoms with E-state index in [9.17, 15) is 17.2 Å². The van der Waals surface area contributed by atoms with E-state index in [0.717, 1.165) is 25.2 Å². The molecule has 0 radical (unpaired) electrons. The average molecular weight is 353 g/mol. The molecule has 2 aliphatic rings. The van der Waals surface area contributed by atoms with E-state index < -0.39 is 16.6 Å². The first-order valence-electron chi connectivity index (χ1n) is 6.83. The standard InChI is InChI=1S/C13H15ClF2N2O3S/c14-11-3-10(1-2-12(11)21-13(15)16)22(19,20)18-6-8-4-17-5-9(8)7-18/h1-3,8-9,13,17H,4-7H2/t8-,9+. The molecule has 1 aromatic rings. The molecule has 1 N–H and O–H groups in total. The number of nitrogens with one attached hydrogen (secondary N) is 1. The van der Waals surface area contributed by atoms with Crippen molar-refractivity contribution in [1.82, 2.24) is 9.62 Å². The molecular formula is C13H15ClF2N2O3S. The molecule has 0 unspecified atom stereocenters. The number of sulfonamides is 1. The van der Waals surface area contributed by atoms with Crippen LogP contribution in [-0.2, 0) is 10.0 Å². The summed E-state index contributed by atoms with van der Waals surface area (Å²) in [5.41, 5.74) is 0. The molecule has 0 bridgehead atoms. The maximum atomic E-state index is 12.6. The van der Waals surface area contributed by atoms with E-state index in [0.29, 0.717) is 24.9 Å². The minimum Gasteiger partial charge on any atom is -0.433 e. The van der Waals surface area contributed by atoms with Gasteiger partial charge in [0.1, 0.15) is 5.75 Å². The number of rotatable bonds is 4. The van der Waals surface area contributed by atoms with Crippen LogP contribution in [0, 0.1) is 11.8 Å². The fourth-order valence-corrected chi connectivity index (χ4v) is 4.86. The van der Waals surface area contributed by atoms with Crippen LogP contribution in [0.1, 0.15) is 0 Å². The van der Waals surface area contributed by atoms with Gasteiger partial charge in [0.2, 0.25) is 10.0 Å². The number of benzene rings is 1. The van der Waals surface area contributed by atoms with Crippen molar-refractivity contribution in [2.75, 3.05) is 26.2 Å². The second-order valence-electron chi connectivity index (χ2n) is 5.47. The lowest BCUT2D eigenvalue weighted by atomic mass is 10.0. The van der Waals surface area contributed by atoms with Crippen molar-refractivity contribution in [2.45, 2.75) is 11.5 Å². The summed E-state index contributed by atoms with van der Waals surface area (Å²) in [6.07, 6.45) is 0. The van der Waals surface area contributed by atoms with Crippen molar-refractivity contribution < 1.29 is 21.9 Å². The molecule has 0 saturated carbocycles. The molecule has 0 aromatic heterocycles. The van der Waals surface area contributed by atoms with Crippen LogP contribution in [0.4, 0.5) is 8.78 Å². The third-order valence-electron chi connectivity index (χ3n) is 4.11. The Labute approximate surface area is 132 Å². The largest absolute Gasteiger partial charge is 0.433 e. The first-order valence-corrected chi connectivity index (χ1v) is 8.65. The molecule has 122 valence electrons. The Morgan fingerprint density at radius 2 is 1.91 bits per heavy atom. The first-order chi connectivity index (χ1) is 10.4. The topological polar surface area (TPSA) is 58.6 Å². The minimum absolute atomic E-state index is 0.00736. The Kier molecular flexibility index (Phi) is 4.28. The van der Waals surface area contributed by atoms with Crippen molar-refractivity contribution in [3.05, 3.63) is 23.2 Å². The van der Waals surface area contributed by atoms with Gasteiger partial charge >= 0.3 is 6.61 Å². The second kappa shape index (κ2) is 5.92. The molecule has 1 aromatic carbocycles. The summed E-state index contributed by atoms with van der Waals surface area (Å²) in [5, 5.41) is 3.09. The number of alkyl halides is 2. The average Bonchev–Trinajstić information content (AvgIpc) is 3.01. The van der Waals surface area contributed by atoms with E-state index in [1.54, 1.807) is 0 Å². The van der Waals surface area contributed by atoms with Gasteiger partial charge < -0.3 is 10.1 Å². The molecular weight excluding hydrogens is 338 g/mol. The normalized spacial score (nSPS) is 25.6. The minimum atomic E-state index is -3.67.